The van der Waals surface area contributed by atoms with Crippen molar-refractivity contribution in [1.82, 2.24) is 19.6 Å². The molecule has 3 N–H and O–H groups in total. The maximum absolute atomic E-state index is 11.0. The lowest BCUT2D eigenvalue weighted by Crippen LogP contribution is -2.49. The van der Waals surface area contributed by atoms with Gasteiger partial charge in [0.1, 0.15) is 6.07 Å². The molecule has 1 amide bonds. The smallest absolute Gasteiger partial charge is 0.204 e. The van der Waals surface area contributed by atoms with Crippen molar-refractivity contribution in [3.8, 4) is 17.3 Å². The summed E-state index contributed by atoms with van der Waals surface area (Å²) < 4.78 is 1.98. The van der Waals surface area contributed by atoms with E-state index in [1.165, 1.54) is 11.1 Å². The minimum atomic E-state index is -0.510. The van der Waals surface area contributed by atoms with Gasteiger partial charge >= 0.3 is 0 Å². The van der Waals surface area contributed by atoms with Gasteiger partial charge in [0.25, 0.3) is 0 Å². The van der Waals surface area contributed by atoms with Gasteiger partial charge in [0.15, 0.2) is 0 Å². The third kappa shape index (κ3) is 9.42. The number of carbonyl (C=O) groups is 1. The lowest BCUT2D eigenvalue weighted by atomic mass is 10.0. The Morgan fingerprint density at radius 3 is 2.27 bits per heavy atom. The number of hydrogen-bond donors (Lipinski definition) is 2. The molecule has 0 radical (unpaired) electrons. The average Bonchev–Trinajstić information content (AvgIpc) is 3.29. The van der Waals surface area contributed by atoms with Gasteiger partial charge in [0, 0.05) is 56.1 Å². The fraction of sp³-hybridized carbons (Fsp3) is 0.469. The van der Waals surface area contributed by atoms with Crippen molar-refractivity contribution >= 4 is 12.1 Å². The van der Waals surface area contributed by atoms with Crippen LogP contribution in [0.5, 0.6) is 0 Å². The number of nitriles is 1. The van der Waals surface area contributed by atoms with Gasteiger partial charge in [-0.05, 0) is 39.6 Å². The van der Waals surface area contributed by atoms with Gasteiger partial charge in [0.05, 0.1) is 29.6 Å². The Labute approximate surface area is 245 Å². The van der Waals surface area contributed by atoms with Crippen LogP contribution in [0.25, 0.3) is 11.3 Å². The van der Waals surface area contributed by atoms with E-state index in [4.69, 9.17) is 9.89 Å². The summed E-state index contributed by atoms with van der Waals surface area (Å²) in [5.74, 6) is 0. The molecular formula is C32H47N7O2. The van der Waals surface area contributed by atoms with Crippen LogP contribution in [0.2, 0.25) is 0 Å². The summed E-state index contributed by atoms with van der Waals surface area (Å²) >= 11 is 0. The number of carbonyl (C=O) groups excluding carboxylic acids is 1. The zero-order valence-electron chi connectivity index (χ0n) is 25.5. The van der Waals surface area contributed by atoms with Gasteiger partial charge in [0.2, 0.25) is 6.41 Å². The molecule has 2 heterocycles. The normalized spacial score (nSPS) is 13.9. The maximum Gasteiger partial charge on any atom is 0.204 e. The largest absolute Gasteiger partial charge is 0.390 e. The molecule has 4 rings (SSSR count). The van der Waals surface area contributed by atoms with Crippen LogP contribution >= 0.6 is 0 Å². The Bertz CT molecular complexity index is 1240. The second-order valence-corrected chi connectivity index (χ2v) is 10.00. The molecule has 0 aliphatic carbocycles. The number of aliphatic hydroxyl groups is 1. The molecule has 0 bridgehead atoms. The monoisotopic (exact) mass is 561 g/mol. The molecule has 1 atom stereocenters. The van der Waals surface area contributed by atoms with Crippen LogP contribution in [0.3, 0.4) is 0 Å². The van der Waals surface area contributed by atoms with Gasteiger partial charge < -0.3 is 20.6 Å². The van der Waals surface area contributed by atoms with Crippen molar-refractivity contribution in [3.05, 3.63) is 70.9 Å². The van der Waals surface area contributed by atoms with Crippen molar-refractivity contribution in [2.75, 3.05) is 51.2 Å². The number of para-hydroxylation sites is 1. The first kappa shape index (κ1) is 33.5. The summed E-state index contributed by atoms with van der Waals surface area (Å²) in [6.07, 6.45) is -0.260. The molecule has 9 nitrogen and oxygen atoms in total. The van der Waals surface area contributed by atoms with Crippen molar-refractivity contribution in [1.29, 1.82) is 5.26 Å². The van der Waals surface area contributed by atoms with Crippen LogP contribution in [-0.2, 0) is 17.9 Å². The Balaban J connectivity index is 0.00000110. The maximum atomic E-state index is 11.0. The minimum absolute atomic E-state index is 0.250. The number of aliphatic hydroxyl groups excluding tert-OH is 1. The topological polar surface area (TPSA) is 115 Å². The minimum Gasteiger partial charge on any atom is -0.390 e. The number of aromatic nitrogens is 2. The van der Waals surface area contributed by atoms with Crippen LogP contribution in [0.4, 0.5) is 5.69 Å². The number of rotatable bonds is 9. The number of primary amides is 1. The SMILES string of the molecule is CC.CCN(C)Cc1c(-c2ccc(C)cc2)nn(CC(O)CN2CCN(c3ccccc3C#N)CC2)c1C.NC=O. The fourth-order valence-electron chi connectivity index (χ4n) is 4.85. The second kappa shape index (κ2) is 17.2. The van der Waals surface area contributed by atoms with Gasteiger partial charge in [-0.25, -0.2) is 0 Å². The number of anilines is 1. The molecule has 0 saturated carbocycles. The molecule has 0 spiro atoms. The second-order valence-electron chi connectivity index (χ2n) is 10.00. The van der Waals surface area contributed by atoms with E-state index in [-0.39, 0.29) is 6.41 Å². The molecule has 222 valence electrons. The van der Waals surface area contributed by atoms with E-state index < -0.39 is 6.10 Å². The van der Waals surface area contributed by atoms with E-state index in [0.29, 0.717) is 18.7 Å². The van der Waals surface area contributed by atoms with E-state index in [1.54, 1.807) is 0 Å². The molecule has 1 fully saturated rings. The van der Waals surface area contributed by atoms with E-state index in [9.17, 15) is 10.4 Å². The standard InChI is InChI=1S/C29H38N6O.C2H6.CH3NO/c1-5-32(4)21-27-23(3)35(31-29(27)24-12-10-22(2)11-13-24)20-26(36)19-33-14-16-34(17-15-33)28-9-7-6-8-25(28)18-30;1-2;2-1-3/h6-13,26,36H,5,14-17,19-21H2,1-4H3;1-2H3;1H,(H2,2,3). The third-order valence-electron chi connectivity index (χ3n) is 7.21. The molecule has 1 aromatic heterocycles. The number of nitrogens with zero attached hydrogens (tertiary/aromatic N) is 6. The van der Waals surface area contributed by atoms with E-state index in [1.807, 2.05) is 42.8 Å². The Kier molecular flexibility index (Phi) is 14.0. The summed E-state index contributed by atoms with van der Waals surface area (Å²) in [6, 6.07) is 18.6. The lowest BCUT2D eigenvalue weighted by molar-refractivity contribution is -0.106. The van der Waals surface area contributed by atoms with Crippen LogP contribution in [0.15, 0.2) is 48.5 Å². The van der Waals surface area contributed by atoms with Gasteiger partial charge in [-0.2, -0.15) is 10.4 Å². The number of amides is 1. The lowest BCUT2D eigenvalue weighted by Gasteiger charge is -2.37. The number of nitrogens with two attached hydrogens (primary N) is 1. The van der Waals surface area contributed by atoms with Crippen LogP contribution in [0, 0.1) is 25.2 Å². The first-order chi connectivity index (χ1) is 19.8. The molecule has 41 heavy (non-hydrogen) atoms. The zero-order valence-corrected chi connectivity index (χ0v) is 25.5. The highest BCUT2D eigenvalue weighted by molar-refractivity contribution is 5.64. The summed E-state index contributed by atoms with van der Waals surface area (Å²) in [7, 11) is 2.12. The van der Waals surface area contributed by atoms with Crippen molar-refractivity contribution in [2.24, 2.45) is 5.73 Å². The Hall–Kier alpha value is -3.71. The predicted molar refractivity (Wildman–Crippen MR) is 167 cm³/mol. The van der Waals surface area contributed by atoms with E-state index in [0.717, 1.165) is 61.9 Å². The number of piperazine rings is 1. The molecule has 1 aliphatic heterocycles. The fourth-order valence-corrected chi connectivity index (χ4v) is 4.85. The van der Waals surface area contributed by atoms with E-state index in [2.05, 4.69) is 78.6 Å². The zero-order chi connectivity index (χ0) is 30.4. The quantitative estimate of drug-likeness (QED) is 0.382. The summed E-state index contributed by atoms with van der Waals surface area (Å²) in [5.41, 5.74) is 11.6. The third-order valence-corrected chi connectivity index (χ3v) is 7.21. The highest BCUT2D eigenvalue weighted by atomic mass is 16.3. The molecule has 9 heteroatoms. The molecule has 1 unspecified atom stereocenters. The first-order valence-electron chi connectivity index (χ1n) is 14.4. The summed E-state index contributed by atoms with van der Waals surface area (Å²) in [6.45, 7) is 16.6. The number of benzene rings is 2. The van der Waals surface area contributed by atoms with E-state index >= 15 is 0 Å². The number of β-amino-alcohol motifs (C(OH)–C–C–N with tert-alkyl or cyclic N) is 1. The molecule has 3 aromatic rings. The van der Waals surface area contributed by atoms with Crippen molar-refractivity contribution < 1.29 is 9.90 Å². The summed E-state index contributed by atoms with van der Waals surface area (Å²) in [4.78, 5) is 15.4. The van der Waals surface area contributed by atoms with Gasteiger partial charge in [-0.1, -0.05) is 62.7 Å². The Morgan fingerprint density at radius 1 is 1.07 bits per heavy atom. The highest BCUT2D eigenvalue weighted by Gasteiger charge is 2.23. The number of hydrogen-bond acceptors (Lipinski definition) is 7. The Morgan fingerprint density at radius 2 is 1.68 bits per heavy atom. The molecular weight excluding hydrogens is 514 g/mol. The van der Waals surface area contributed by atoms with Crippen molar-refractivity contribution in [2.45, 2.75) is 53.8 Å². The van der Waals surface area contributed by atoms with Crippen LogP contribution in [0.1, 0.15) is 43.2 Å². The highest BCUT2D eigenvalue weighted by Crippen LogP contribution is 2.27. The van der Waals surface area contributed by atoms with Crippen LogP contribution < -0.4 is 10.6 Å². The van der Waals surface area contributed by atoms with Crippen molar-refractivity contribution in [3.63, 3.8) is 0 Å². The molecule has 2 aromatic carbocycles. The molecule has 1 aliphatic rings. The van der Waals surface area contributed by atoms with Crippen LogP contribution in [-0.4, -0.2) is 83.5 Å². The van der Waals surface area contributed by atoms with Gasteiger partial charge in [-0.15, -0.1) is 0 Å². The first-order valence-corrected chi connectivity index (χ1v) is 14.4. The summed E-state index contributed by atoms with van der Waals surface area (Å²) in [5, 5.41) is 25.4. The predicted octanol–water partition coefficient (Wildman–Crippen LogP) is 3.80. The van der Waals surface area contributed by atoms with Gasteiger partial charge in [-0.3, -0.25) is 14.4 Å². The number of aryl methyl sites for hydroxylation is 1. The molecule has 1 saturated heterocycles. The average molecular weight is 562 g/mol.